The molecule has 0 fully saturated rings. The van der Waals surface area contributed by atoms with E-state index in [1.807, 2.05) is 17.5 Å². The van der Waals surface area contributed by atoms with E-state index in [0.29, 0.717) is 5.13 Å². The molecule has 0 spiro atoms. The van der Waals surface area contributed by atoms with Crippen LogP contribution in [0.1, 0.15) is 0 Å². The van der Waals surface area contributed by atoms with Crippen LogP contribution in [0.15, 0.2) is 22.9 Å². The van der Waals surface area contributed by atoms with Gasteiger partial charge in [-0.15, -0.1) is 22.7 Å². The van der Waals surface area contributed by atoms with Crippen molar-refractivity contribution in [2.75, 3.05) is 18.5 Å². The highest BCUT2D eigenvalue weighted by atomic mass is 32.1. The molecule has 20 heavy (non-hydrogen) atoms. The van der Waals surface area contributed by atoms with Gasteiger partial charge >= 0.3 is 6.18 Å². The van der Waals surface area contributed by atoms with Gasteiger partial charge in [0, 0.05) is 5.38 Å². The fraction of sp³-hybridized carbons (Fsp3) is 0.273. The molecule has 2 aromatic rings. The number of ether oxygens (including phenoxy) is 1. The van der Waals surface area contributed by atoms with Crippen LogP contribution in [0.4, 0.5) is 18.3 Å². The Balaban J connectivity index is 1.83. The Bertz CT molecular complexity index is 566. The summed E-state index contributed by atoms with van der Waals surface area (Å²) in [6, 6.07) is 3.76. The van der Waals surface area contributed by atoms with Gasteiger partial charge in [-0.05, 0) is 11.4 Å². The van der Waals surface area contributed by atoms with E-state index in [1.54, 1.807) is 5.38 Å². The summed E-state index contributed by atoms with van der Waals surface area (Å²) in [5.74, 6) is -0.665. The van der Waals surface area contributed by atoms with Crippen LogP contribution >= 0.6 is 22.7 Å². The number of carbonyl (C=O) groups excluding carboxylic acids is 1. The number of hydrogen-bond acceptors (Lipinski definition) is 5. The fourth-order valence-corrected chi connectivity index (χ4v) is 2.77. The smallest absolute Gasteiger partial charge is 0.362 e. The molecule has 9 heteroatoms. The summed E-state index contributed by atoms with van der Waals surface area (Å²) < 4.78 is 39.7. The number of alkyl halides is 3. The van der Waals surface area contributed by atoms with Crippen LogP contribution in [0.2, 0.25) is 0 Å². The van der Waals surface area contributed by atoms with Crippen molar-refractivity contribution in [2.24, 2.45) is 0 Å². The quantitative estimate of drug-likeness (QED) is 0.918. The molecule has 1 amide bonds. The van der Waals surface area contributed by atoms with Gasteiger partial charge in [0.25, 0.3) is 5.91 Å². The minimum Gasteiger partial charge on any atom is -0.362 e. The molecule has 0 unspecified atom stereocenters. The molecular formula is C11H9F3N2O2S2. The third-order valence-electron chi connectivity index (χ3n) is 2.02. The monoisotopic (exact) mass is 322 g/mol. The average molecular weight is 322 g/mol. The number of carbonyl (C=O) groups is 1. The number of rotatable bonds is 5. The van der Waals surface area contributed by atoms with Crippen LogP contribution in [-0.4, -0.2) is 30.3 Å². The molecule has 0 atom stereocenters. The lowest BCUT2D eigenvalue weighted by atomic mass is 10.4. The Morgan fingerprint density at radius 2 is 2.20 bits per heavy atom. The second kappa shape index (κ2) is 6.33. The van der Waals surface area contributed by atoms with Crippen LogP contribution in [0.5, 0.6) is 0 Å². The predicted octanol–water partition coefficient (Wildman–Crippen LogP) is 3.39. The Morgan fingerprint density at radius 3 is 2.85 bits per heavy atom. The molecule has 0 saturated heterocycles. The SMILES string of the molecule is O=C(COCC(F)(F)F)Nc1nc(-c2cccs2)cs1. The van der Waals surface area contributed by atoms with E-state index in [2.05, 4.69) is 15.0 Å². The number of nitrogens with one attached hydrogen (secondary N) is 1. The first kappa shape index (κ1) is 14.9. The second-order valence-electron chi connectivity index (χ2n) is 3.67. The number of aromatic nitrogens is 1. The van der Waals surface area contributed by atoms with Crippen molar-refractivity contribution < 1.29 is 22.7 Å². The number of thiazole rings is 1. The zero-order chi connectivity index (χ0) is 14.6. The first-order valence-electron chi connectivity index (χ1n) is 5.38. The third kappa shape index (κ3) is 4.58. The van der Waals surface area contributed by atoms with E-state index in [1.165, 1.54) is 22.7 Å². The predicted molar refractivity (Wildman–Crippen MR) is 70.9 cm³/mol. The molecule has 0 aliphatic carbocycles. The van der Waals surface area contributed by atoms with Crippen molar-refractivity contribution in [3.8, 4) is 10.6 Å². The molecule has 1 N–H and O–H groups in total. The molecule has 2 rings (SSSR count). The van der Waals surface area contributed by atoms with Gasteiger partial charge in [-0.2, -0.15) is 13.2 Å². The van der Waals surface area contributed by atoms with E-state index in [9.17, 15) is 18.0 Å². The molecule has 0 saturated carbocycles. The van der Waals surface area contributed by atoms with Gasteiger partial charge in [-0.25, -0.2) is 4.98 Å². The number of amides is 1. The molecule has 108 valence electrons. The van der Waals surface area contributed by atoms with Crippen LogP contribution < -0.4 is 5.32 Å². The molecule has 0 bridgehead atoms. The van der Waals surface area contributed by atoms with Gasteiger partial charge < -0.3 is 4.74 Å². The standard InChI is InChI=1S/C11H9F3N2O2S2/c12-11(13,14)6-18-4-9(17)16-10-15-7(5-20-10)8-2-1-3-19-8/h1-3,5H,4,6H2,(H,15,16,17). The van der Waals surface area contributed by atoms with E-state index in [4.69, 9.17) is 0 Å². The van der Waals surface area contributed by atoms with Gasteiger partial charge in [0.15, 0.2) is 5.13 Å². The molecule has 2 aromatic heterocycles. The van der Waals surface area contributed by atoms with Gasteiger partial charge in [-0.1, -0.05) is 6.07 Å². The molecular weight excluding hydrogens is 313 g/mol. The van der Waals surface area contributed by atoms with E-state index < -0.39 is 25.3 Å². The summed E-state index contributed by atoms with van der Waals surface area (Å²) in [5, 5.41) is 6.38. The van der Waals surface area contributed by atoms with Crippen LogP contribution in [0.3, 0.4) is 0 Å². The summed E-state index contributed by atoms with van der Waals surface area (Å²) in [6.45, 7) is -2.11. The Morgan fingerprint density at radius 1 is 1.40 bits per heavy atom. The Hall–Kier alpha value is -1.45. The van der Waals surface area contributed by atoms with Crippen molar-refractivity contribution in [3.63, 3.8) is 0 Å². The molecule has 0 aromatic carbocycles. The topological polar surface area (TPSA) is 51.2 Å². The minimum atomic E-state index is -4.44. The van der Waals surface area contributed by atoms with Crippen LogP contribution in [0, 0.1) is 0 Å². The number of anilines is 1. The maximum Gasteiger partial charge on any atom is 0.411 e. The van der Waals surface area contributed by atoms with Crippen molar-refractivity contribution in [1.29, 1.82) is 0 Å². The number of thiophene rings is 1. The number of hydrogen-bond donors (Lipinski definition) is 1. The number of halogens is 3. The normalized spacial score (nSPS) is 11.6. The van der Waals surface area contributed by atoms with Gasteiger partial charge in [0.05, 0.1) is 10.6 Å². The third-order valence-corrected chi connectivity index (χ3v) is 3.67. The minimum absolute atomic E-state index is 0.328. The summed E-state index contributed by atoms with van der Waals surface area (Å²) in [4.78, 5) is 16.5. The van der Waals surface area contributed by atoms with E-state index in [0.717, 1.165) is 10.6 Å². The molecule has 0 radical (unpaired) electrons. The zero-order valence-electron chi connectivity index (χ0n) is 9.94. The van der Waals surface area contributed by atoms with Gasteiger partial charge in [0.1, 0.15) is 13.2 Å². The van der Waals surface area contributed by atoms with Crippen LogP contribution in [-0.2, 0) is 9.53 Å². The van der Waals surface area contributed by atoms with Crippen molar-refractivity contribution in [1.82, 2.24) is 4.98 Å². The molecule has 2 heterocycles. The lowest BCUT2D eigenvalue weighted by Gasteiger charge is -2.06. The maximum absolute atomic E-state index is 11.8. The lowest BCUT2D eigenvalue weighted by molar-refractivity contribution is -0.174. The summed E-state index contributed by atoms with van der Waals surface area (Å²) in [5.41, 5.74) is 0.719. The first-order valence-corrected chi connectivity index (χ1v) is 7.14. The fourth-order valence-electron chi connectivity index (χ4n) is 1.28. The highest BCUT2D eigenvalue weighted by Crippen LogP contribution is 2.28. The van der Waals surface area contributed by atoms with Gasteiger partial charge in [-0.3, -0.25) is 10.1 Å². The second-order valence-corrected chi connectivity index (χ2v) is 5.48. The maximum atomic E-state index is 11.8. The van der Waals surface area contributed by atoms with E-state index in [-0.39, 0.29) is 0 Å². The van der Waals surface area contributed by atoms with Crippen molar-refractivity contribution in [2.45, 2.75) is 6.18 Å². The zero-order valence-corrected chi connectivity index (χ0v) is 11.6. The molecule has 0 aliphatic heterocycles. The highest BCUT2D eigenvalue weighted by molar-refractivity contribution is 7.16. The molecule has 4 nitrogen and oxygen atoms in total. The average Bonchev–Trinajstić information content (AvgIpc) is 2.96. The lowest BCUT2D eigenvalue weighted by Crippen LogP contribution is -2.23. The highest BCUT2D eigenvalue weighted by Gasteiger charge is 2.27. The van der Waals surface area contributed by atoms with Crippen LogP contribution in [0.25, 0.3) is 10.6 Å². The van der Waals surface area contributed by atoms with Gasteiger partial charge in [0.2, 0.25) is 0 Å². The first-order chi connectivity index (χ1) is 9.44. The largest absolute Gasteiger partial charge is 0.411 e. The number of nitrogens with zero attached hydrogens (tertiary/aromatic N) is 1. The van der Waals surface area contributed by atoms with Crippen molar-refractivity contribution >= 4 is 33.7 Å². The Labute approximate surface area is 120 Å². The molecule has 0 aliphatic rings. The summed E-state index contributed by atoms with van der Waals surface area (Å²) >= 11 is 2.71. The summed E-state index contributed by atoms with van der Waals surface area (Å²) in [7, 11) is 0. The van der Waals surface area contributed by atoms with E-state index >= 15 is 0 Å². The van der Waals surface area contributed by atoms with Crippen molar-refractivity contribution in [3.05, 3.63) is 22.9 Å². The summed E-state index contributed by atoms with van der Waals surface area (Å²) in [6.07, 6.45) is -4.44. The Kier molecular flexibility index (Phi) is 4.73.